The fraction of sp³-hybridized carbons (Fsp3) is 0.294. The van der Waals surface area contributed by atoms with Crippen molar-refractivity contribution in [2.45, 2.75) is 12.5 Å². The van der Waals surface area contributed by atoms with E-state index >= 15 is 0 Å². The van der Waals surface area contributed by atoms with E-state index in [2.05, 4.69) is 22.0 Å². The highest BCUT2D eigenvalue weighted by atomic mass is 16.5. The molecule has 2 heterocycles. The van der Waals surface area contributed by atoms with Gasteiger partial charge in [-0.1, -0.05) is 12.1 Å². The van der Waals surface area contributed by atoms with Gasteiger partial charge in [-0.25, -0.2) is 0 Å². The molecule has 1 aliphatic heterocycles. The third-order valence-electron chi connectivity index (χ3n) is 3.76. The molecule has 1 atom stereocenters. The van der Waals surface area contributed by atoms with Crippen molar-refractivity contribution in [3.8, 4) is 5.75 Å². The maximum atomic E-state index is 5.35. The number of hydrogen-bond donors (Lipinski definition) is 0. The number of hydrogen-bond acceptors (Lipinski definition) is 4. The van der Waals surface area contributed by atoms with Gasteiger partial charge in [-0.3, -0.25) is 9.98 Å². The van der Waals surface area contributed by atoms with Crippen molar-refractivity contribution in [3.05, 3.63) is 59.4 Å². The van der Waals surface area contributed by atoms with Gasteiger partial charge in [-0.2, -0.15) is 0 Å². The summed E-state index contributed by atoms with van der Waals surface area (Å²) in [6.45, 7) is 0. The minimum atomic E-state index is -0.0433. The molecule has 0 spiro atoms. The first-order chi connectivity index (χ1) is 10.2. The first kappa shape index (κ1) is 13.6. The van der Waals surface area contributed by atoms with Crippen molar-refractivity contribution in [3.63, 3.8) is 0 Å². The van der Waals surface area contributed by atoms with Crippen LogP contribution in [0.15, 0.2) is 47.6 Å². The Morgan fingerprint density at radius 3 is 2.71 bits per heavy atom. The van der Waals surface area contributed by atoms with Gasteiger partial charge in [0.05, 0.1) is 12.8 Å². The Balaban J connectivity index is 2.10. The van der Waals surface area contributed by atoms with Gasteiger partial charge in [0.25, 0.3) is 0 Å². The first-order valence-corrected chi connectivity index (χ1v) is 7.01. The summed E-state index contributed by atoms with van der Waals surface area (Å²) in [5.41, 5.74) is 3.44. The third-order valence-corrected chi connectivity index (χ3v) is 3.76. The molecule has 3 rings (SSSR count). The molecule has 0 amide bonds. The monoisotopic (exact) mass is 281 g/mol. The molecule has 2 aromatic rings. The topological polar surface area (TPSA) is 37.7 Å². The van der Waals surface area contributed by atoms with Crippen molar-refractivity contribution in [2.75, 3.05) is 21.2 Å². The summed E-state index contributed by atoms with van der Waals surface area (Å²) in [4.78, 5) is 11.4. The Kier molecular flexibility index (Phi) is 3.60. The summed E-state index contributed by atoms with van der Waals surface area (Å²) in [7, 11) is 5.75. The van der Waals surface area contributed by atoms with Crippen LogP contribution in [0.3, 0.4) is 0 Å². The zero-order chi connectivity index (χ0) is 14.8. The molecule has 0 fully saturated rings. The minimum absolute atomic E-state index is 0.0433. The van der Waals surface area contributed by atoms with Crippen molar-refractivity contribution < 1.29 is 4.74 Å². The number of ether oxygens (including phenoxy) is 1. The number of methoxy groups -OCH3 is 1. The molecule has 0 radical (unpaired) electrons. The zero-order valence-corrected chi connectivity index (χ0v) is 12.6. The second kappa shape index (κ2) is 5.56. The van der Waals surface area contributed by atoms with Crippen LogP contribution in [0, 0.1) is 0 Å². The maximum absolute atomic E-state index is 5.35. The van der Waals surface area contributed by atoms with Crippen LogP contribution in [0.1, 0.15) is 22.9 Å². The van der Waals surface area contributed by atoms with Gasteiger partial charge in [0.2, 0.25) is 0 Å². The number of rotatable bonds is 2. The number of nitrogens with zero attached hydrogens (tertiary/aromatic N) is 3. The fourth-order valence-corrected chi connectivity index (χ4v) is 2.60. The highest BCUT2D eigenvalue weighted by Gasteiger charge is 2.25. The number of fused-ring (bicyclic) bond motifs is 1. The summed E-state index contributed by atoms with van der Waals surface area (Å²) >= 11 is 0. The SMILES string of the molecule is COc1ccc2c(c1)CC(N(C)C)=NC2c1ccccn1. The molecule has 108 valence electrons. The van der Waals surface area contributed by atoms with E-state index < -0.39 is 0 Å². The Bertz CT molecular complexity index is 665. The summed E-state index contributed by atoms with van der Waals surface area (Å²) in [5.74, 6) is 1.94. The Labute approximate surface area is 125 Å². The van der Waals surface area contributed by atoms with Crippen molar-refractivity contribution in [1.82, 2.24) is 9.88 Å². The van der Waals surface area contributed by atoms with E-state index in [1.165, 1.54) is 11.1 Å². The van der Waals surface area contributed by atoms with Crippen LogP contribution in [-0.4, -0.2) is 36.9 Å². The largest absolute Gasteiger partial charge is 0.497 e. The van der Waals surface area contributed by atoms with Crippen molar-refractivity contribution in [1.29, 1.82) is 0 Å². The smallest absolute Gasteiger partial charge is 0.119 e. The van der Waals surface area contributed by atoms with Crippen molar-refractivity contribution >= 4 is 5.84 Å². The lowest BCUT2D eigenvalue weighted by atomic mass is 9.92. The number of aromatic nitrogens is 1. The van der Waals surface area contributed by atoms with Crippen LogP contribution >= 0.6 is 0 Å². The molecule has 0 aliphatic carbocycles. The molecule has 1 unspecified atom stereocenters. The van der Waals surface area contributed by atoms with E-state index in [0.29, 0.717) is 0 Å². The molecular formula is C17H19N3O. The first-order valence-electron chi connectivity index (χ1n) is 7.01. The van der Waals surface area contributed by atoms with Crippen LogP contribution in [0.5, 0.6) is 5.75 Å². The van der Waals surface area contributed by atoms with Gasteiger partial charge in [0.15, 0.2) is 0 Å². The Hall–Kier alpha value is -2.36. The highest BCUT2D eigenvalue weighted by molar-refractivity contribution is 5.86. The van der Waals surface area contributed by atoms with Gasteiger partial charge < -0.3 is 9.64 Å². The van der Waals surface area contributed by atoms with Crippen LogP contribution in [0.2, 0.25) is 0 Å². The number of amidine groups is 1. The molecule has 4 heteroatoms. The van der Waals surface area contributed by atoms with E-state index in [1.54, 1.807) is 7.11 Å². The average Bonchev–Trinajstić information content (AvgIpc) is 2.53. The molecule has 4 nitrogen and oxygen atoms in total. The maximum Gasteiger partial charge on any atom is 0.119 e. The Morgan fingerprint density at radius 1 is 1.19 bits per heavy atom. The lowest BCUT2D eigenvalue weighted by Crippen LogP contribution is -2.29. The third kappa shape index (κ3) is 2.61. The molecule has 21 heavy (non-hydrogen) atoms. The summed E-state index contributed by atoms with van der Waals surface area (Å²) in [5, 5.41) is 0. The zero-order valence-electron chi connectivity index (χ0n) is 12.6. The highest BCUT2D eigenvalue weighted by Crippen LogP contribution is 2.34. The molecule has 0 saturated heterocycles. The molecule has 1 aliphatic rings. The van der Waals surface area contributed by atoms with E-state index in [4.69, 9.17) is 9.73 Å². The number of benzene rings is 1. The van der Waals surface area contributed by atoms with Gasteiger partial charge in [0.1, 0.15) is 17.6 Å². The van der Waals surface area contributed by atoms with E-state index in [-0.39, 0.29) is 6.04 Å². The van der Waals surface area contributed by atoms with Gasteiger partial charge in [-0.05, 0) is 35.4 Å². The lowest BCUT2D eigenvalue weighted by Gasteiger charge is -2.27. The standard InChI is InChI=1S/C17H19N3O/c1-20(2)16-11-12-10-13(21-3)7-8-14(12)17(19-16)15-6-4-5-9-18-15/h4-10,17H,11H2,1-3H3. The molecule has 1 aromatic heterocycles. The molecule has 0 bridgehead atoms. The van der Waals surface area contributed by atoms with Gasteiger partial charge in [-0.15, -0.1) is 0 Å². The minimum Gasteiger partial charge on any atom is -0.497 e. The quantitative estimate of drug-likeness (QED) is 0.849. The predicted octanol–water partition coefficient (Wildman–Crippen LogP) is 2.70. The summed E-state index contributed by atoms with van der Waals surface area (Å²) in [6, 6.07) is 12.1. The fourth-order valence-electron chi connectivity index (χ4n) is 2.60. The predicted molar refractivity (Wildman–Crippen MR) is 83.9 cm³/mol. The normalized spacial score (nSPS) is 16.9. The second-order valence-corrected chi connectivity index (χ2v) is 5.34. The van der Waals surface area contributed by atoms with Crippen molar-refractivity contribution in [2.24, 2.45) is 4.99 Å². The number of likely N-dealkylation sites (N-methyl/N-ethyl adjacent to an activating group) is 1. The van der Waals surface area contributed by atoms with E-state index in [0.717, 1.165) is 23.7 Å². The molecule has 1 aromatic carbocycles. The van der Waals surface area contributed by atoms with Crippen LogP contribution in [0.25, 0.3) is 0 Å². The van der Waals surface area contributed by atoms with Crippen LogP contribution in [-0.2, 0) is 6.42 Å². The summed E-state index contributed by atoms with van der Waals surface area (Å²) in [6.07, 6.45) is 2.64. The second-order valence-electron chi connectivity index (χ2n) is 5.34. The Morgan fingerprint density at radius 2 is 2.05 bits per heavy atom. The lowest BCUT2D eigenvalue weighted by molar-refractivity contribution is 0.414. The molecule has 0 N–H and O–H groups in total. The summed E-state index contributed by atoms with van der Waals surface area (Å²) < 4.78 is 5.35. The van der Waals surface area contributed by atoms with Crippen LogP contribution < -0.4 is 4.74 Å². The van der Waals surface area contributed by atoms with Crippen LogP contribution in [0.4, 0.5) is 0 Å². The number of aliphatic imine (C=N–C) groups is 1. The number of pyridine rings is 1. The van der Waals surface area contributed by atoms with E-state index in [1.807, 2.05) is 44.6 Å². The molecule has 0 saturated carbocycles. The average molecular weight is 281 g/mol. The molecular weight excluding hydrogens is 262 g/mol. The van der Waals surface area contributed by atoms with Gasteiger partial charge in [0, 0.05) is 26.7 Å². The van der Waals surface area contributed by atoms with E-state index in [9.17, 15) is 0 Å². The van der Waals surface area contributed by atoms with Gasteiger partial charge >= 0.3 is 0 Å².